The number of aliphatic imine (C=N–C) groups is 1. The molecule has 0 saturated carbocycles. The molecule has 3 rings (SSSR count). The van der Waals surface area contributed by atoms with E-state index in [1.807, 2.05) is 92.2 Å². The third-order valence-electron chi connectivity index (χ3n) is 4.56. The Labute approximate surface area is 208 Å². The third-order valence-corrected chi connectivity index (χ3v) is 5.82. The number of hydrazone groups is 2. The van der Waals surface area contributed by atoms with Gasteiger partial charge in [0.2, 0.25) is 0 Å². The molecule has 0 aromatic heterocycles. The molecule has 0 unspecified atom stereocenters. The number of hydrogen-bond acceptors (Lipinski definition) is 8. The molecule has 0 amide bonds. The number of phenolic OH excluding ortho intramolecular Hbond substituents is 1. The third kappa shape index (κ3) is 7.86. The highest BCUT2D eigenvalue weighted by Crippen LogP contribution is 2.22. The average Bonchev–Trinajstić information content (AvgIpc) is 2.86. The maximum atomic E-state index is 10.7. The van der Waals surface area contributed by atoms with Gasteiger partial charge in [-0.1, -0.05) is 48.2 Å². The number of amidine groups is 1. The van der Waals surface area contributed by atoms with E-state index in [2.05, 4.69) is 31.4 Å². The van der Waals surface area contributed by atoms with Crippen LogP contribution in [0.2, 0.25) is 0 Å². The van der Waals surface area contributed by atoms with Gasteiger partial charge in [-0.25, -0.2) is 4.99 Å². The van der Waals surface area contributed by atoms with E-state index in [-0.39, 0.29) is 11.2 Å². The highest BCUT2D eigenvalue weighted by atomic mass is 32.2. The Kier molecular flexibility index (Phi) is 9.87. The molecule has 0 saturated heterocycles. The van der Waals surface area contributed by atoms with Gasteiger partial charge in [0, 0.05) is 16.8 Å². The summed E-state index contributed by atoms with van der Waals surface area (Å²) >= 11 is 3.04. The summed E-state index contributed by atoms with van der Waals surface area (Å²) in [7, 11) is 0. The van der Waals surface area contributed by atoms with Crippen LogP contribution in [0.3, 0.4) is 0 Å². The standard InChI is InChI=1S/C25H28N6OS2/c1-18-14-19(16-26-30-24(33-2)28-21-10-6-4-7-11-21)23(32)20(15-18)17-27-31-25(34-3)29-22-12-8-5-9-13-22/h4-17,24,28,30,32H,1-3H3,(H,29,31)/b26-16+,27-17-/t24-/m1/s1. The summed E-state index contributed by atoms with van der Waals surface area (Å²) in [5, 5.41) is 23.3. The van der Waals surface area contributed by atoms with Crippen LogP contribution in [0.1, 0.15) is 16.7 Å². The first-order valence-corrected chi connectivity index (χ1v) is 13.0. The molecule has 0 radical (unpaired) electrons. The minimum absolute atomic E-state index is 0.101. The molecule has 0 aliphatic rings. The predicted molar refractivity (Wildman–Crippen MR) is 149 cm³/mol. The fraction of sp³-hybridized carbons (Fsp3) is 0.160. The van der Waals surface area contributed by atoms with Gasteiger partial charge in [-0.15, -0.1) is 11.8 Å². The van der Waals surface area contributed by atoms with E-state index >= 15 is 0 Å². The van der Waals surface area contributed by atoms with Gasteiger partial charge >= 0.3 is 0 Å². The van der Waals surface area contributed by atoms with Crippen molar-refractivity contribution < 1.29 is 5.11 Å². The molecular weight excluding hydrogens is 464 g/mol. The average molecular weight is 493 g/mol. The minimum Gasteiger partial charge on any atom is -0.507 e. The Balaban J connectivity index is 1.67. The van der Waals surface area contributed by atoms with Crippen molar-refractivity contribution >= 4 is 52.5 Å². The number of anilines is 1. The molecule has 0 spiro atoms. The number of hydrogen-bond donors (Lipinski definition) is 4. The van der Waals surface area contributed by atoms with Crippen LogP contribution in [0.15, 0.2) is 88.0 Å². The van der Waals surface area contributed by atoms with E-state index in [9.17, 15) is 5.11 Å². The van der Waals surface area contributed by atoms with Crippen LogP contribution in [0.5, 0.6) is 5.75 Å². The molecule has 1 atom stereocenters. The summed E-state index contributed by atoms with van der Waals surface area (Å²) in [6, 6.07) is 23.3. The van der Waals surface area contributed by atoms with E-state index in [0.717, 1.165) is 16.9 Å². The number of aromatic hydroxyl groups is 1. The molecule has 4 N–H and O–H groups in total. The lowest BCUT2D eigenvalue weighted by Crippen LogP contribution is -2.29. The van der Waals surface area contributed by atoms with Crippen LogP contribution in [0.25, 0.3) is 0 Å². The van der Waals surface area contributed by atoms with Crippen LogP contribution >= 0.6 is 23.5 Å². The second kappa shape index (κ2) is 13.3. The molecule has 0 bridgehead atoms. The summed E-state index contributed by atoms with van der Waals surface area (Å²) in [4.78, 5) is 4.52. The lowest BCUT2D eigenvalue weighted by molar-refractivity contribution is 0.473. The van der Waals surface area contributed by atoms with E-state index in [0.29, 0.717) is 16.3 Å². The fourth-order valence-corrected chi connectivity index (χ4v) is 3.69. The van der Waals surface area contributed by atoms with Crippen molar-refractivity contribution in [2.75, 3.05) is 17.8 Å². The Morgan fingerprint density at radius 2 is 1.53 bits per heavy atom. The van der Waals surface area contributed by atoms with Crippen molar-refractivity contribution in [2.24, 2.45) is 15.2 Å². The lowest BCUT2D eigenvalue weighted by atomic mass is 10.1. The summed E-state index contributed by atoms with van der Waals surface area (Å²) in [5.41, 5.74) is 9.87. The summed E-state index contributed by atoms with van der Waals surface area (Å²) < 4.78 is 0. The van der Waals surface area contributed by atoms with Crippen molar-refractivity contribution in [1.29, 1.82) is 0 Å². The smallest absolute Gasteiger partial charge is 0.182 e. The topological polar surface area (TPSA) is 93.4 Å². The lowest BCUT2D eigenvalue weighted by Gasteiger charge is -2.17. The van der Waals surface area contributed by atoms with E-state index in [1.165, 1.54) is 11.8 Å². The van der Waals surface area contributed by atoms with Gasteiger partial charge in [-0.3, -0.25) is 10.9 Å². The number of nitrogens with zero attached hydrogens (tertiary/aromatic N) is 3. The zero-order valence-electron chi connectivity index (χ0n) is 19.3. The number of nitrogens with one attached hydrogen (secondary N) is 3. The SMILES string of the molecule is CSC(=Nc1ccccc1)N/N=C\c1cc(C)cc(/C=N/N[C@@H](Nc2ccccc2)SC)c1O. The molecule has 0 aliphatic heterocycles. The van der Waals surface area contributed by atoms with Gasteiger partial charge in [-0.2, -0.15) is 10.2 Å². The Bertz CT molecular complexity index is 1140. The number of aryl methyl sites for hydroxylation is 1. The number of phenols is 1. The van der Waals surface area contributed by atoms with E-state index < -0.39 is 0 Å². The maximum absolute atomic E-state index is 10.7. The highest BCUT2D eigenvalue weighted by Gasteiger charge is 2.07. The summed E-state index contributed by atoms with van der Waals surface area (Å²) in [5.74, 6) is 0.101. The van der Waals surface area contributed by atoms with Gasteiger partial charge in [0.05, 0.1) is 18.1 Å². The van der Waals surface area contributed by atoms with Crippen molar-refractivity contribution in [3.8, 4) is 5.75 Å². The van der Waals surface area contributed by atoms with Crippen molar-refractivity contribution in [1.82, 2.24) is 10.9 Å². The van der Waals surface area contributed by atoms with Gasteiger partial charge < -0.3 is 10.4 Å². The van der Waals surface area contributed by atoms with Crippen molar-refractivity contribution in [3.05, 3.63) is 89.5 Å². The normalized spacial score (nSPS) is 12.7. The first-order chi connectivity index (χ1) is 16.6. The zero-order chi connectivity index (χ0) is 24.2. The molecule has 176 valence electrons. The van der Waals surface area contributed by atoms with Gasteiger partial charge in [0.1, 0.15) is 5.75 Å². The number of benzene rings is 3. The molecular formula is C25H28N6OS2. The number of thioether (sulfide) groups is 2. The van der Waals surface area contributed by atoms with Gasteiger partial charge in [-0.05, 0) is 61.4 Å². The first kappa shape index (κ1) is 25.2. The van der Waals surface area contributed by atoms with Crippen molar-refractivity contribution in [3.63, 3.8) is 0 Å². The van der Waals surface area contributed by atoms with Crippen LogP contribution < -0.4 is 16.2 Å². The number of rotatable bonds is 9. The van der Waals surface area contributed by atoms with Crippen LogP contribution in [-0.4, -0.2) is 40.7 Å². The van der Waals surface area contributed by atoms with Crippen molar-refractivity contribution in [2.45, 2.75) is 12.4 Å². The Morgan fingerprint density at radius 1 is 0.912 bits per heavy atom. The van der Waals surface area contributed by atoms with E-state index in [4.69, 9.17) is 0 Å². The molecule has 3 aromatic carbocycles. The zero-order valence-corrected chi connectivity index (χ0v) is 20.9. The maximum Gasteiger partial charge on any atom is 0.182 e. The van der Waals surface area contributed by atoms with E-state index in [1.54, 1.807) is 24.2 Å². The van der Waals surface area contributed by atoms with Gasteiger partial charge in [0.25, 0.3) is 0 Å². The monoisotopic (exact) mass is 492 g/mol. The minimum atomic E-state index is -0.121. The second-order valence-electron chi connectivity index (χ2n) is 7.13. The molecule has 0 heterocycles. The molecule has 0 fully saturated rings. The number of para-hydroxylation sites is 2. The molecule has 3 aromatic rings. The molecule has 9 heteroatoms. The molecule has 0 aliphatic carbocycles. The molecule has 34 heavy (non-hydrogen) atoms. The highest BCUT2D eigenvalue weighted by molar-refractivity contribution is 8.13. The van der Waals surface area contributed by atoms with Crippen LogP contribution in [0.4, 0.5) is 11.4 Å². The Morgan fingerprint density at radius 3 is 2.15 bits per heavy atom. The summed E-state index contributed by atoms with van der Waals surface area (Å²) in [6.07, 6.45) is 7.09. The van der Waals surface area contributed by atoms with Crippen LogP contribution in [-0.2, 0) is 0 Å². The fourth-order valence-electron chi connectivity index (χ4n) is 2.93. The van der Waals surface area contributed by atoms with Crippen LogP contribution in [0, 0.1) is 6.92 Å². The first-order valence-electron chi connectivity index (χ1n) is 10.5. The molecule has 7 nitrogen and oxygen atoms in total. The second-order valence-corrected chi connectivity index (χ2v) is 8.87. The largest absolute Gasteiger partial charge is 0.507 e. The Hall–Kier alpha value is -3.43. The predicted octanol–water partition coefficient (Wildman–Crippen LogP) is 5.36. The summed E-state index contributed by atoms with van der Waals surface area (Å²) in [6.45, 7) is 1.96. The van der Waals surface area contributed by atoms with Gasteiger partial charge in [0.15, 0.2) is 10.7 Å². The quantitative estimate of drug-likeness (QED) is 0.139.